The quantitative estimate of drug-likeness (QED) is 0.510. The van der Waals surface area contributed by atoms with Gasteiger partial charge in [0.05, 0.1) is 12.3 Å². The van der Waals surface area contributed by atoms with Crippen LogP contribution in [0.4, 0.5) is 10.5 Å². The van der Waals surface area contributed by atoms with E-state index in [1.807, 2.05) is 25.1 Å². The molecule has 1 aromatic carbocycles. The normalized spacial score (nSPS) is 11.8. The molecule has 1 unspecified atom stereocenters. The third-order valence-electron chi connectivity index (χ3n) is 3.34. The average Bonchev–Trinajstić information content (AvgIpc) is 2.58. The van der Waals surface area contributed by atoms with Crippen molar-refractivity contribution in [2.24, 2.45) is 0 Å². The van der Waals surface area contributed by atoms with E-state index in [0.29, 0.717) is 24.6 Å². The van der Waals surface area contributed by atoms with Crippen LogP contribution in [-0.4, -0.2) is 43.6 Å². The number of aliphatic hydroxyl groups excluding tert-OH is 1. The summed E-state index contributed by atoms with van der Waals surface area (Å²) in [7, 11) is 0. The number of amides is 1. The number of hydrogen-bond acceptors (Lipinski definition) is 5. The second kappa shape index (κ2) is 12.6. The molecule has 24 heavy (non-hydrogen) atoms. The maximum atomic E-state index is 11.9. The summed E-state index contributed by atoms with van der Waals surface area (Å²) in [5.74, 6) is 0.621. The summed E-state index contributed by atoms with van der Waals surface area (Å²) in [5.41, 5.74) is 0.567. The fraction of sp³-hybridized carbons (Fsp3) is 0.611. The van der Waals surface area contributed by atoms with Crippen LogP contribution in [0, 0.1) is 0 Å². The molecule has 0 aliphatic heterocycles. The lowest BCUT2D eigenvalue weighted by Crippen LogP contribution is -2.32. The highest BCUT2D eigenvalue weighted by atomic mass is 16.6. The number of benzene rings is 1. The molecular formula is C18H30N2O4. The minimum Gasteiger partial charge on any atom is -0.491 e. The van der Waals surface area contributed by atoms with Gasteiger partial charge >= 0.3 is 6.09 Å². The molecule has 6 nitrogen and oxygen atoms in total. The molecule has 0 heterocycles. The summed E-state index contributed by atoms with van der Waals surface area (Å²) >= 11 is 0. The van der Waals surface area contributed by atoms with Crippen molar-refractivity contribution in [1.82, 2.24) is 5.32 Å². The van der Waals surface area contributed by atoms with Gasteiger partial charge in [-0.2, -0.15) is 0 Å². The Morgan fingerprint density at radius 3 is 2.75 bits per heavy atom. The van der Waals surface area contributed by atoms with Crippen LogP contribution in [0.25, 0.3) is 0 Å². The Kier molecular flexibility index (Phi) is 10.6. The van der Waals surface area contributed by atoms with Gasteiger partial charge in [0, 0.05) is 6.54 Å². The van der Waals surface area contributed by atoms with Crippen molar-refractivity contribution in [2.75, 3.05) is 31.6 Å². The van der Waals surface area contributed by atoms with E-state index in [1.165, 1.54) is 0 Å². The number of nitrogens with one attached hydrogen (secondary N) is 2. The summed E-state index contributed by atoms with van der Waals surface area (Å²) in [6.07, 6.45) is 2.89. The highest BCUT2D eigenvalue weighted by Gasteiger charge is 2.11. The van der Waals surface area contributed by atoms with Gasteiger partial charge in [-0.25, -0.2) is 4.79 Å². The average molecular weight is 338 g/mol. The van der Waals surface area contributed by atoms with Crippen molar-refractivity contribution in [3.8, 4) is 5.75 Å². The van der Waals surface area contributed by atoms with E-state index in [2.05, 4.69) is 17.6 Å². The van der Waals surface area contributed by atoms with Gasteiger partial charge in [-0.15, -0.1) is 0 Å². The first-order chi connectivity index (χ1) is 11.7. The number of para-hydroxylation sites is 2. The lowest BCUT2D eigenvalue weighted by Gasteiger charge is -2.14. The molecule has 0 aromatic heterocycles. The van der Waals surface area contributed by atoms with Gasteiger partial charge in [-0.05, 0) is 31.5 Å². The molecule has 0 saturated heterocycles. The molecule has 1 amide bonds. The molecule has 136 valence electrons. The Balaban J connectivity index is 2.37. The summed E-state index contributed by atoms with van der Waals surface area (Å²) in [6.45, 7) is 5.97. The van der Waals surface area contributed by atoms with Crippen LogP contribution in [0.15, 0.2) is 24.3 Å². The van der Waals surface area contributed by atoms with E-state index >= 15 is 0 Å². The fourth-order valence-electron chi connectivity index (χ4n) is 2.05. The molecule has 0 aliphatic rings. The van der Waals surface area contributed by atoms with Crippen molar-refractivity contribution in [3.05, 3.63) is 24.3 Å². The van der Waals surface area contributed by atoms with Crippen LogP contribution in [0.3, 0.4) is 0 Å². The Morgan fingerprint density at radius 1 is 1.21 bits per heavy atom. The van der Waals surface area contributed by atoms with E-state index in [9.17, 15) is 9.90 Å². The highest BCUT2D eigenvalue weighted by molar-refractivity contribution is 5.86. The van der Waals surface area contributed by atoms with E-state index in [0.717, 1.165) is 32.2 Å². The summed E-state index contributed by atoms with van der Waals surface area (Å²) in [5, 5.41) is 15.4. The number of aliphatic hydroxyl groups is 1. The zero-order chi connectivity index (χ0) is 17.6. The molecule has 1 rings (SSSR count). The lowest BCUT2D eigenvalue weighted by molar-refractivity contribution is 0.0751. The third kappa shape index (κ3) is 8.74. The predicted octanol–water partition coefficient (Wildman–Crippen LogP) is 3.16. The van der Waals surface area contributed by atoms with Crippen molar-refractivity contribution < 1.29 is 19.4 Å². The van der Waals surface area contributed by atoms with Crippen LogP contribution in [0.1, 0.15) is 39.5 Å². The SMILES string of the molecule is CCCCCOc1ccccc1NC(=O)OCC(O)CNCCC. The number of ether oxygens (including phenoxy) is 2. The summed E-state index contributed by atoms with van der Waals surface area (Å²) < 4.78 is 10.7. The molecular weight excluding hydrogens is 308 g/mol. The number of anilines is 1. The van der Waals surface area contributed by atoms with E-state index in [1.54, 1.807) is 6.07 Å². The smallest absolute Gasteiger partial charge is 0.411 e. The Bertz CT molecular complexity index is 468. The number of carbonyl (C=O) groups excluding carboxylic acids is 1. The van der Waals surface area contributed by atoms with Gasteiger partial charge < -0.3 is 19.9 Å². The van der Waals surface area contributed by atoms with Crippen LogP contribution in [-0.2, 0) is 4.74 Å². The molecule has 3 N–H and O–H groups in total. The molecule has 0 saturated carbocycles. The zero-order valence-corrected chi connectivity index (χ0v) is 14.7. The maximum absolute atomic E-state index is 11.9. The maximum Gasteiger partial charge on any atom is 0.411 e. The van der Waals surface area contributed by atoms with E-state index < -0.39 is 12.2 Å². The minimum atomic E-state index is -0.720. The van der Waals surface area contributed by atoms with Crippen molar-refractivity contribution in [1.29, 1.82) is 0 Å². The number of hydrogen-bond donors (Lipinski definition) is 3. The Labute approximate surface area is 144 Å². The first-order valence-electron chi connectivity index (χ1n) is 8.71. The van der Waals surface area contributed by atoms with Gasteiger partial charge in [0.25, 0.3) is 0 Å². The second-order valence-corrected chi connectivity index (χ2v) is 5.63. The lowest BCUT2D eigenvalue weighted by atomic mass is 10.2. The molecule has 0 fully saturated rings. The minimum absolute atomic E-state index is 0.0535. The van der Waals surface area contributed by atoms with E-state index in [-0.39, 0.29) is 6.61 Å². The van der Waals surface area contributed by atoms with Crippen LogP contribution < -0.4 is 15.4 Å². The van der Waals surface area contributed by atoms with Crippen molar-refractivity contribution in [3.63, 3.8) is 0 Å². The van der Waals surface area contributed by atoms with Gasteiger partial charge in [-0.3, -0.25) is 5.32 Å². The Morgan fingerprint density at radius 2 is 2.00 bits per heavy atom. The molecule has 0 bridgehead atoms. The van der Waals surface area contributed by atoms with Crippen molar-refractivity contribution >= 4 is 11.8 Å². The van der Waals surface area contributed by atoms with E-state index in [4.69, 9.17) is 9.47 Å². The van der Waals surface area contributed by atoms with Crippen LogP contribution in [0.2, 0.25) is 0 Å². The number of unbranched alkanes of at least 4 members (excludes halogenated alkanes) is 2. The first kappa shape index (κ1) is 20.3. The summed E-state index contributed by atoms with van der Waals surface area (Å²) in [4.78, 5) is 11.9. The molecule has 1 atom stereocenters. The summed E-state index contributed by atoms with van der Waals surface area (Å²) in [6, 6.07) is 7.24. The van der Waals surface area contributed by atoms with Crippen molar-refractivity contribution in [2.45, 2.75) is 45.6 Å². The van der Waals surface area contributed by atoms with Gasteiger partial charge in [0.2, 0.25) is 0 Å². The van der Waals surface area contributed by atoms with Gasteiger partial charge in [0.1, 0.15) is 18.5 Å². The molecule has 0 aliphatic carbocycles. The molecule has 0 radical (unpaired) electrons. The Hall–Kier alpha value is -1.79. The largest absolute Gasteiger partial charge is 0.491 e. The number of rotatable bonds is 12. The van der Waals surface area contributed by atoms with Gasteiger partial charge in [0.15, 0.2) is 0 Å². The standard InChI is InChI=1S/C18H30N2O4/c1-3-5-8-12-23-17-10-7-6-9-16(17)20-18(22)24-14-15(21)13-19-11-4-2/h6-7,9-10,15,19,21H,3-5,8,11-14H2,1-2H3,(H,20,22). The molecule has 0 spiro atoms. The monoisotopic (exact) mass is 338 g/mol. The third-order valence-corrected chi connectivity index (χ3v) is 3.34. The first-order valence-corrected chi connectivity index (χ1v) is 8.71. The van der Waals surface area contributed by atoms with Crippen LogP contribution in [0.5, 0.6) is 5.75 Å². The number of carbonyl (C=O) groups is 1. The second-order valence-electron chi connectivity index (χ2n) is 5.63. The topological polar surface area (TPSA) is 79.8 Å². The zero-order valence-electron chi connectivity index (χ0n) is 14.7. The highest BCUT2D eigenvalue weighted by Crippen LogP contribution is 2.24. The molecule has 1 aromatic rings. The van der Waals surface area contributed by atoms with Gasteiger partial charge in [-0.1, -0.05) is 38.8 Å². The fourth-order valence-corrected chi connectivity index (χ4v) is 2.05. The van der Waals surface area contributed by atoms with Crippen LogP contribution >= 0.6 is 0 Å². The molecule has 6 heteroatoms. The predicted molar refractivity (Wildman–Crippen MR) is 95.6 cm³/mol.